The van der Waals surface area contributed by atoms with Gasteiger partial charge < -0.3 is 24.8 Å². The first-order valence-electron chi connectivity index (χ1n) is 11.3. The van der Waals surface area contributed by atoms with Gasteiger partial charge in [-0.3, -0.25) is 4.79 Å². The number of hydrogen-bond acceptors (Lipinski definition) is 7. The van der Waals surface area contributed by atoms with Crippen molar-refractivity contribution in [3.05, 3.63) is 58.1 Å². The highest BCUT2D eigenvalue weighted by Crippen LogP contribution is 2.36. The standard InChI is InChI=1S/C24H22FN3O7S/c1-12(24(31)32)35-15-5-6-17-19(11-15)36(33,34)27-22(26-17)20-21(29)16-10-14(25)4-7-18(16)28(23(20)30)9-8-13-2-3-13/h4-7,10-13,29H,2-3,8-9H2,1H3,(H,26,27)(H,31,32)/t12-/m1/s1. The zero-order valence-corrected chi connectivity index (χ0v) is 19.9. The van der Waals surface area contributed by atoms with Crippen molar-refractivity contribution in [1.29, 1.82) is 0 Å². The van der Waals surface area contributed by atoms with E-state index in [0.29, 0.717) is 18.0 Å². The molecule has 3 N–H and O–H groups in total. The van der Waals surface area contributed by atoms with Crippen molar-refractivity contribution in [3.63, 3.8) is 0 Å². The molecule has 10 nitrogen and oxygen atoms in total. The molecule has 2 heterocycles. The number of hydrogen-bond donors (Lipinski definition) is 3. The number of benzene rings is 2. The molecule has 2 aliphatic rings. The second kappa shape index (κ2) is 8.63. The number of nitrogens with one attached hydrogen (secondary N) is 1. The fourth-order valence-electron chi connectivity index (χ4n) is 4.14. The minimum absolute atomic E-state index is 0.000802. The molecule has 36 heavy (non-hydrogen) atoms. The van der Waals surface area contributed by atoms with Gasteiger partial charge in [0.05, 0.1) is 11.2 Å². The fraction of sp³-hybridized carbons (Fsp3) is 0.292. The van der Waals surface area contributed by atoms with E-state index in [2.05, 4.69) is 9.71 Å². The molecule has 1 aliphatic heterocycles. The van der Waals surface area contributed by atoms with E-state index in [4.69, 9.17) is 9.84 Å². The van der Waals surface area contributed by atoms with Gasteiger partial charge >= 0.3 is 5.97 Å². The number of aryl methyl sites for hydroxylation is 1. The fourth-order valence-corrected chi connectivity index (χ4v) is 5.28. The Bertz CT molecular complexity index is 1610. The van der Waals surface area contributed by atoms with Gasteiger partial charge in [-0.1, -0.05) is 12.8 Å². The van der Waals surface area contributed by atoms with Crippen LogP contribution in [0, 0.1) is 11.7 Å². The highest BCUT2D eigenvalue weighted by Gasteiger charge is 2.31. The lowest BCUT2D eigenvalue weighted by molar-refractivity contribution is -0.144. The van der Waals surface area contributed by atoms with Crippen molar-refractivity contribution in [2.24, 2.45) is 10.3 Å². The molecule has 1 aromatic heterocycles. The summed E-state index contributed by atoms with van der Waals surface area (Å²) in [6.07, 6.45) is 1.62. The van der Waals surface area contributed by atoms with E-state index >= 15 is 0 Å². The summed E-state index contributed by atoms with van der Waals surface area (Å²) in [6.45, 7) is 1.61. The lowest BCUT2D eigenvalue weighted by atomic mass is 10.1. The van der Waals surface area contributed by atoms with Crippen LogP contribution in [-0.4, -0.2) is 41.1 Å². The van der Waals surface area contributed by atoms with Gasteiger partial charge in [0.15, 0.2) is 11.9 Å². The SMILES string of the molecule is C[C@@H](Oc1ccc2c(c1)S(=O)(=O)N=C(c1c(O)c3cc(F)ccc3n(CCC3CC3)c1=O)N2)C(=O)O. The van der Waals surface area contributed by atoms with E-state index < -0.39 is 50.6 Å². The molecule has 188 valence electrons. The van der Waals surface area contributed by atoms with E-state index in [1.165, 1.54) is 35.8 Å². The molecule has 2 aromatic carbocycles. The molecular formula is C24H22FN3O7S. The lowest BCUT2D eigenvalue weighted by Crippen LogP contribution is -2.33. The molecule has 1 atom stereocenters. The van der Waals surface area contributed by atoms with Crippen molar-refractivity contribution >= 4 is 38.4 Å². The van der Waals surface area contributed by atoms with Crippen molar-refractivity contribution in [2.75, 3.05) is 5.32 Å². The molecule has 0 unspecified atom stereocenters. The average molecular weight is 516 g/mol. The number of rotatable bonds is 7. The Morgan fingerprint density at radius 3 is 2.72 bits per heavy atom. The molecule has 0 amide bonds. The van der Waals surface area contributed by atoms with Crippen molar-refractivity contribution in [1.82, 2.24) is 4.57 Å². The number of aromatic hydroxyl groups is 1. The van der Waals surface area contributed by atoms with E-state index in [9.17, 15) is 27.5 Å². The van der Waals surface area contributed by atoms with Gasteiger partial charge in [0.2, 0.25) is 0 Å². The number of amidine groups is 1. The van der Waals surface area contributed by atoms with Crippen LogP contribution in [0.4, 0.5) is 10.1 Å². The topological polar surface area (TPSA) is 147 Å². The van der Waals surface area contributed by atoms with Crippen LogP contribution in [0.2, 0.25) is 0 Å². The summed E-state index contributed by atoms with van der Waals surface area (Å²) >= 11 is 0. The normalized spacial score (nSPS) is 17.1. The van der Waals surface area contributed by atoms with Crippen LogP contribution in [0.15, 0.2) is 50.5 Å². The first kappa shape index (κ1) is 23.8. The monoisotopic (exact) mass is 515 g/mol. The first-order valence-corrected chi connectivity index (χ1v) is 12.7. The Hall–Kier alpha value is -3.93. The Morgan fingerprint density at radius 1 is 1.28 bits per heavy atom. The number of fused-ring (bicyclic) bond motifs is 2. The van der Waals surface area contributed by atoms with E-state index in [1.807, 2.05) is 0 Å². The Labute approximate surface area is 204 Å². The zero-order chi connectivity index (χ0) is 25.8. The second-order valence-corrected chi connectivity index (χ2v) is 10.4. The molecule has 1 fully saturated rings. The smallest absolute Gasteiger partial charge is 0.344 e. The molecule has 0 bridgehead atoms. The molecule has 3 aromatic rings. The Morgan fingerprint density at radius 2 is 2.03 bits per heavy atom. The molecule has 0 saturated heterocycles. The lowest BCUT2D eigenvalue weighted by Gasteiger charge is -2.21. The van der Waals surface area contributed by atoms with Crippen LogP contribution in [-0.2, 0) is 21.4 Å². The number of ether oxygens (including phenoxy) is 1. The molecule has 1 saturated carbocycles. The molecule has 0 spiro atoms. The first-order chi connectivity index (χ1) is 17.0. The number of aromatic nitrogens is 1. The van der Waals surface area contributed by atoms with E-state index in [0.717, 1.165) is 31.4 Å². The summed E-state index contributed by atoms with van der Waals surface area (Å²) in [5, 5.41) is 22.8. The molecule has 5 rings (SSSR count). The van der Waals surface area contributed by atoms with Gasteiger partial charge in [-0.2, -0.15) is 8.42 Å². The highest BCUT2D eigenvalue weighted by molar-refractivity contribution is 7.90. The molecular weight excluding hydrogens is 493 g/mol. The summed E-state index contributed by atoms with van der Waals surface area (Å²) in [6, 6.07) is 7.52. The van der Waals surface area contributed by atoms with Gasteiger partial charge in [0.25, 0.3) is 15.6 Å². The number of carboxylic acids is 1. The summed E-state index contributed by atoms with van der Waals surface area (Å²) in [4.78, 5) is 24.3. The van der Waals surface area contributed by atoms with Crippen LogP contribution in [0.3, 0.4) is 0 Å². The maximum atomic E-state index is 14.1. The van der Waals surface area contributed by atoms with Gasteiger partial charge in [-0.25, -0.2) is 9.18 Å². The van der Waals surface area contributed by atoms with Gasteiger partial charge in [0, 0.05) is 18.0 Å². The average Bonchev–Trinajstić information content (AvgIpc) is 3.64. The number of carbonyl (C=O) groups is 1. The predicted octanol–water partition coefficient (Wildman–Crippen LogP) is 3.06. The molecule has 0 radical (unpaired) electrons. The second-order valence-electron chi connectivity index (χ2n) is 8.87. The maximum Gasteiger partial charge on any atom is 0.344 e. The Kier molecular flexibility index (Phi) is 5.70. The minimum atomic E-state index is -4.38. The predicted molar refractivity (Wildman–Crippen MR) is 129 cm³/mol. The van der Waals surface area contributed by atoms with E-state index in [1.54, 1.807) is 0 Å². The number of aliphatic carboxylic acids is 1. The largest absolute Gasteiger partial charge is 0.506 e. The number of pyridine rings is 1. The van der Waals surface area contributed by atoms with Crippen LogP contribution in [0.25, 0.3) is 10.9 Å². The molecule has 1 aliphatic carbocycles. The van der Waals surface area contributed by atoms with Crippen molar-refractivity contribution in [3.8, 4) is 11.5 Å². The van der Waals surface area contributed by atoms with Crippen LogP contribution >= 0.6 is 0 Å². The minimum Gasteiger partial charge on any atom is -0.506 e. The number of anilines is 1. The van der Waals surface area contributed by atoms with Crippen LogP contribution in [0.1, 0.15) is 31.7 Å². The van der Waals surface area contributed by atoms with Crippen molar-refractivity contribution in [2.45, 2.75) is 43.7 Å². The van der Waals surface area contributed by atoms with Gasteiger partial charge in [-0.15, -0.1) is 4.40 Å². The van der Waals surface area contributed by atoms with Crippen LogP contribution < -0.4 is 15.6 Å². The third-order valence-electron chi connectivity index (χ3n) is 6.25. The molecule has 12 heteroatoms. The van der Waals surface area contributed by atoms with Gasteiger partial charge in [-0.05, 0) is 49.6 Å². The number of halogens is 1. The maximum absolute atomic E-state index is 14.1. The van der Waals surface area contributed by atoms with E-state index in [-0.39, 0.29) is 21.7 Å². The third-order valence-corrected chi connectivity index (χ3v) is 7.57. The number of nitrogens with zero attached hydrogens (tertiary/aromatic N) is 2. The quantitative estimate of drug-likeness (QED) is 0.435. The third kappa shape index (κ3) is 4.28. The Balaban J connectivity index is 1.62. The highest BCUT2D eigenvalue weighted by atomic mass is 32.2. The van der Waals surface area contributed by atoms with Crippen LogP contribution in [0.5, 0.6) is 11.5 Å². The summed E-state index contributed by atoms with van der Waals surface area (Å²) in [5.74, 6) is -2.35. The zero-order valence-electron chi connectivity index (χ0n) is 19.1. The summed E-state index contributed by atoms with van der Waals surface area (Å²) in [7, 11) is -4.38. The van der Waals surface area contributed by atoms with Crippen molar-refractivity contribution < 1.29 is 32.6 Å². The summed E-state index contributed by atoms with van der Waals surface area (Å²) in [5.41, 5.74) is -0.666. The summed E-state index contributed by atoms with van der Waals surface area (Å²) < 4.78 is 50.5. The van der Waals surface area contributed by atoms with Gasteiger partial charge in [0.1, 0.15) is 27.8 Å². The number of carboxylic acid groups (broad SMARTS) is 1. The number of sulfonamides is 1.